The normalized spacial score (nSPS) is 10.8. The van der Waals surface area contributed by atoms with E-state index < -0.39 is 23.6 Å². The highest BCUT2D eigenvalue weighted by Gasteiger charge is 2.29. The Kier molecular flexibility index (Phi) is 6.64. The Morgan fingerprint density at radius 2 is 1.59 bits per heavy atom. The zero-order valence-corrected chi connectivity index (χ0v) is 14.3. The molecule has 0 heterocycles. The van der Waals surface area contributed by atoms with Crippen LogP contribution in [0.2, 0.25) is 0 Å². The van der Waals surface area contributed by atoms with E-state index in [1.54, 1.807) is 24.3 Å². The highest BCUT2D eigenvalue weighted by atomic mass is 19.4. The largest absolute Gasteiger partial charge is 0.493 e. The number of carbonyl (C=O) groups is 2. The maximum atomic E-state index is 12.5. The van der Waals surface area contributed by atoms with Crippen LogP contribution in [0.15, 0.2) is 48.5 Å². The number of carbonyl (C=O) groups excluding carboxylic acids is 2. The summed E-state index contributed by atoms with van der Waals surface area (Å²) in [7, 11) is 1.47. The third kappa shape index (κ3) is 6.21. The van der Waals surface area contributed by atoms with Crippen LogP contribution in [0, 0.1) is 0 Å². The molecule has 0 fully saturated rings. The van der Waals surface area contributed by atoms with Crippen LogP contribution in [0.25, 0.3) is 0 Å². The van der Waals surface area contributed by atoms with Crippen LogP contribution in [0.5, 0.6) is 11.5 Å². The second-order valence-corrected chi connectivity index (χ2v) is 5.34. The van der Waals surface area contributed by atoms with E-state index in [-0.39, 0.29) is 18.8 Å². The summed E-state index contributed by atoms with van der Waals surface area (Å²) in [5, 5.41) is 4.74. The quantitative estimate of drug-likeness (QED) is 0.772. The summed E-state index contributed by atoms with van der Waals surface area (Å²) in [4.78, 5) is 23.5. The molecule has 0 aliphatic carbocycles. The summed E-state index contributed by atoms with van der Waals surface area (Å²) in [6.07, 6.45) is -4.45. The van der Waals surface area contributed by atoms with Gasteiger partial charge >= 0.3 is 6.18 Å². The lowest BCUT2D eigenvalue weighted by atomic mass is 10.2. The molecule has 2 aromatic rings. The SMILES string of the molecule is COc1ccccc1OCC(=O)NCC(=O)Nc1ccc(C(F)(F)F)cc1. The maximum absolute atomic E-state index is 12.5. The number of benzene rings is 2. The van der Waals surface area contributed by atoms with Crippen molar-refractivity contribution in [2.75, 3.05) is 25.6 Å². The molecule has 0 aromatic heterocycles. The van der Waals surface area contributed by atoms with Gasteiger partial charge in [0.15, 0.2) is 18.1 Å². The van der Waals surface area contributed by atoms with Crippen molar-refractivity contribution < 1.29 is 32.2 Å². The number of para-hydroxylation sites is 2. The topological polar surface area (TPSA) is 76.7 Å². The summed E-state index contributed by atoms with van der Waals surface area (Å²) in [6.45, 7) is -0.678. The van der Waals surface area contributed by atoms with Crippen molar-refractivity contribution in [1.29, 1.82) is 0 Å². The Bertz CT molecular complexity index is 792. The molecule has 0 atom stereocenters. The lowest BCUT2D eigenvalue weighted by Crippen LogP contribution is -2.35. The van der Waals surface area contributed by atoms with E-state index in [0.29, 0.717) is 11.5 Å². The van der Waals surface area contributed by atoms with E-state index in [2.05, 4.69) is 10.6 Å². The van der Waals surface area contributed by atoms with Gasteiger partial charge in [-0.25, -0.2) is 0 Å². The molecule has 144 valence electrons. The third-order valence-corrected chi connectivity index (χ3v) is 3.37. The standard InChI is InChI=1S/C18H17F3N2O4/c1-26-14-4-2-3-5-15(14)27-11-17(25)22-10-16(24)23-13-8-6-12(7-9-13)18(19,20)21/h2-9H,10-11H2,1H3,(H,22,25)(H,23,24). The highest BCUT2D eigenvalue weighted by Crippen LogP contribution is 2.29. The van der Waals surface area contributed by atoms with Crippen molar-refractivity contribution in [2.45, 2.75) is 6.18 Å². The molecule has 2 rings (SSSR count). The average Bonchev–Trinajstić information content (AvgIpc) is 2.64. The first-order chi connectivity index (χ1) is 12.8. The van der Waals surface area contributed by atoms with Gasteiger partial charge in [-0.3, -0.25) is 9.59 Å². The van der Waals surface area contributed by atoms with Crippen LogP contribution in [-0.4, -0.2) is 32.1 Å². The van der Waals surface area contributed by atoms with Crippen molar-refractivity contribution in [3.8, 4) is 11.5 Å². The molecule has 2 aromatic carbocycles. The van der Waals surface area contributed by atoms with Gasteiger partial charge in [0.05, 0.1) is 19.2 Å². The molecule has 27 heavy (non-hydrogen) atoms. The zero-order chi connectivity index (χ0) is 19.9. The van der Waals surface area contributed by atoms with Crippen LogP contribution in [0.3, 0.4) is 0 Å². The summed E-state index contributed by atoms with van der Waals surface area (Å²) < 4.78 is 47.8. The second kappa shape index (κ2) is 8.93. The molecule has 2 N–H and O–H groups in total. The zero-order valence-electron chi connectivity index (χ0n) is 14.3. The van der Waals surface area contributed by atoms with Crippen LogP contribution in [0.1, 0.15) is 5.56 Å². The minimum Gasteiger partial charge on any atom is -0.493 e. The summed E-state index contributed by atoms with van der Waals surface area (Å²) in [5.41, 5.74) is -0.630. The van der Waals surface area contributed by atoms with Gasteiger partial charge in [-0.1, -0.05) is 12.1 Å². The molecule has 0 bridgehead atoms. The molecule has 6 nitrogen and oxygen atoms in total. The lowest BCUT2D eigenvalue weighted by Gasteiger charge is -2.11. The fourth-order valence-electron chi connectivity index (χ4n) is 2.06. The fraction of sp³-hybridized carbons (Fsp3) is 0.222. The maximum Gasteiger partial charge on any atom is 0.416 e. The molecule has 0 saturated heterocycles. The number of nitrogens with one attached hydrogen (secondary N) is 2. The van der Waals surface area contributed by atoms with Crippen LogP contribution in [-0.2, 0) is 15.8 Å². The highest BCUT2D eigenvalue weighted by molar-refractivity contribution is 5.94. The number of hydrogen-bond acceptors (Lipinski definition) is 4. The molecule has 9 heteroatoms. The first-order valence-corrected chi connectivity index (χ1v) is 7.79. The van der Waals surface area contributed by atoms with Crippen molar-refractivity contribution in [2.24, 2.45) is 0 Å². The van der Waals surface area contributed by atoms with Crippen molar-refractivity contribution in [3.63, 3.8) is 0 Å². The Labute approximate surface area is 153 Å². The van der Waals surface area contributed by atoms with Gasteiger partial charge in [-0.15, -0.1) is 0 Å². The number of rotatable bonds is 7. The summed E-state index contributed by atoms with van der Waals surface area (Å²) >= 11 is 0. The van der Waals surface area contributed by atoms with Gasteiger partial charge in [0.2, 0.25) is 5.91 Å². The molecule has 0 aliphatic rings. The Morgan fingerprint density at radius 3 is 2.19 bits per heavy atom. The predicted octanol–water partition coefficient (Wildman–Crippen LogP) is 2.85. The van der Waals surface area contributed by atoms with Gasteiger partial charge in [0, 0.05) is 5.69 Å². The molecular weight excluding hydrogens is 365 g/mol. The van der Waals surface area contributed by atoms with E-state index in [9.17, 15) is 22.8 Å². The number of halogens is 3. The smallest absolute Gasteiger partial charge is 0.416 e. The average molecular weight is 382 g/mol. The minimum absolute atomic E-state index is 0.188. The third-order valence-electron chi connectivity index (χ3n) is 3.37. The van der Waals surface area contributed by atoms with Crippen molar-refractivity contribution in [1.82, 2.24) is 5.32 Å². The van der Waals surface area contributed by atoms with Gasteiger partial charge in [0.25, 0.3) is 5.91 Å². The van der Waals surface area contributed by atoms with Gasteiger partial charge in [0.1, 0.15) is 0 Å². The Hall–Kier alpha value is -3.23. The number of alkyl halides is 3. The predicted molar refractivity (Wildman–Crippen MR) is 91.6 cm³/mol. The molecule has 0 saturated carbocycles. The number of anilines is 1. The molecular formula is C18H17F3N2O4. The van der Waals surface area contributed by atoms with E-state index >= 15 is 0 Å². The first-order valence-electron chi connectivity index (χ1n) is 7.79. The van der Waals surface area contributed by atoms with Crippen molar-refractivity contribution in [3.05, 3.63) is 54.1 Å². The van der Waals surface area contributed by atoms with Crippen LogP contribution >= 0.6 is 0 Å². The number of hydrogen-bond donors (Lipinski definition) is 2. The van der Waals surface area contributed by atoms with Crippen LogP contribution < -0.4 is 20.1 Å². The van der Waals surface area contributed by atoms with E-state index in [1.165, 1.54) is 7.11 Å². The lowest BCUT2D eigenvalue weighted by molar-refractivity contribution is -0.137. The monoisotopic (exact) mass is 382 g/mol. The summed E-state index contributed by atoms with van der Waals surface area (Å²) in [5.74, 6) is -0.279. The first kappa shape index (κ1) is 20.1. The van der Waals surface area contributed by atoms with Gasteiger partial charge in [-0.2, -0.15) is 13.2 Å². The minimum atomic E-state index is -4.45. The fourth-order valence-corrected chi connectivity index (χ4v) is 2.06. The Morgan fingerprint density at radius 1 is 0.963 bits per heavy atom. The number of ether oxygens (including phenoxy) is 2. The van der Waals surface area contributed by atoms with E-state index in [4.69, 9.17) is 9.47 Å². The number of methoxy groups -OCH3 is 1. The van der Waals surface area contributed by atoms with Gasteiger partial charge in [-0.05, 0) is 36.4 Å². The summed E-state index contributed by atoms with van der Waals surface area (Å²) in [6, 6.07) is 10.7. The van der Waals surface area contributed by atoms with Crippen molar-refractivity contribution >= 4 is 17.5 Å². The van der Waals surface area contributed by atoms with Crippen LogP contribution in [0.4, 0.5) is 18.9 Å². The molecule has 0 aliphatic heterocycles. The molecule has 0 radical (unpaired) electrons. The molecule has 0 spiro atoms. The second-order valence-electron chi connectivity index (χ2n) is 5.34. The molecule has 0 unspecified atom stereocenters. The van der Waals surface area contributed by atoms with Gasteiger partial charge < -0.3 is 20.1 Å². The van der Waals surface area contributed by atoms with E-state index in [1.807, 2.05) is 0 Å². The van der Waals surface area contributed by atoms with E-state index in [0.717, 1.165) is 24.3 Å². The number of amides is 2. The molecule has 2 amide bonds. The Balaban J connectivity index is 1.77.